The lowest BCUT2D eigenvalue weighted by Gasteiger charge is -2.18. The van der Waals surface area contributed by atoms with Gasteiger partial charge >= 0.3 is 6.03 Å². The summed E-state index contributed by atoms with van der Waals surface area (Å²) < 4.78 is 5.10. The van der Waals surface area contributed by atoms with E-state index in [-0.39, 0.29) is 11.4 Å². The van der Waals surface area contributed by atoms with Gasteiger partial charge in [-0.25, -0.2) is 4.79 Å². The zero-order valence-electron chi connectivity index (χ0n) is 12.2. The smallest absolute Gasteiger partial charge is 0.314 e. The van der Waals surface area contributed by atoms with Gasteiger partial charge in [0.05, 0.1) is 7.11 Å². The molecular weight excluding hydrogens is 240 g/mol. The first kappa shape index (κ1) is 15.3. The Bertz CT molecular complexity index is 394. The van der Waals surface area contributed by atoms with Crippen molar-refractivity contribution >= 4 is 6.03 Å². The van der Waals surface area contributed by atoms with Crippen molar-refractivity contribution in [3.05, 3.63) is 29.8 Å². The van der Waals surface area contributed by atoms with Gasteiger partial charge in [-0.2, -0.15) is 0 Å². The first-order chi connectivity index (χ1) is 8.90. The largest absolute Gasteiger partial charge is 0.497 e. The lowest BCUT2D eigenvalue weighted by atomic mass is 9.97. The highest BCUT2D eigenvalue weighted by molar-refractivity contribution is 5.73. The first-order valence-corrected chi connectivity index (χ1v) is 6.55. The molecule has 2 amide bonds. The fourth-order valence-corrected chi connectivity index (χ4v) is 1.52. The zero-order chi connectivity index (χ0) is 14.3. The number of hydrogen-bond donors (Lipinski definition) is 2. The van der Waals surface area contributed by atoms with Crippen LogP contribution in [0.25, 0.3) is 0 Å². The van der Waals surface area contributed by atoms with E-state index in [4.69, 9.17) is 4.74 Å². The number of ether oxygens (including phenoxy) is 1. The van der Waals surface area contributed by atoms with E-state index in [0.29, 0.717) is 13.1 Å². The van der Waals surface area contributed by atoms with Crippen LogP contribution in [0.1, 0.15) is 26.3 Å². The van der Waals surface area contributed by atoms with Crippen LogP contribution in [0.2, 0.25) is 0 Å². The van der Waals surface area contributed by atoms with E-state index < -0.39 is 0 Å². The Morgan fingerprint density at radius 3 is 2.32 bits per heavy atom. The Morgan fingerprint density at radius 2 is 1.79 bits per heavy atom. The third-order valence-corrected chi connectivity index (χ3v) is 2.64. The van der Waals surface area contributed by atoms with Gasteiger partial charge in [0.25, 0.3) is 0 Å². The van der Waals surface area contributed by atoms with E-state index in [1.54, 1.807) is 7.11 Å². The van der Waals surface area contributed by atoms with Gasteiger partial charge in [0, 0.05) is 13.1 Å². The third-order valence-electron chi connectivity index (χ3n) is 2.64. The van der Waals surface area contributed by atoms with Crippen molar-refractivity contribution in [2.45, 2.75) is 27.2 Å². The molecule has 2 N–H and O–H groups in total. The molecule has 1 aromatic rings. The molecule has 0 saturated heterocycles. The van der Waals surface area contributed by atoms with Crippen LogP contribution in [0.3, 0.4) is 0 Å². The Balaban J connectivity index is 2.24. The van der Waals surface area contributed by atoms with Gasteiger partial charge in [0.15, 0.2) is 0 Å². The predicted octanol–water partition coefficient (Wildman–Crippen LogP) is 2.58. The van der Waals surface area contributed by atoms with E-state index in [2.05, 4.69) is 31.4 Å². The molecule has 1 rings (SSSR count). The second kappa shape index (κ2) is 7.02. The highest BCUT2D eigenvalue weighted by Gasteiger charge is 2.11. The lowest BCUT2D eigenvalue weighted by molar-refractivity contribution is 0.235. The second-order valence-corrected chi connectivity index (χ2v) is 5.77. The topological polar surface area (TPSA) is 50.4 Å². The van der Waals surface area contributed by atoms with Crippen LogP contribution >= 0.6 is 0 Å². The number of methoxy groups -OCH3 is 1. The lowest BCUT2D eigenvalue weighted by Crippen LogP contribution is -2.40. The maximum atomic E-state index is 11.5. The summed E-state index contributed by atoms with van der Waals surface area (Å²) in [6, 6.07) is 7.76. The summed E-state index contributed by atoms with van der Waals surface area (Å²) in [6.45, 7) is 7.56. The zero-order valence-corrected chi connectivity index (χ0v) is 12.2. The average Bonchev–Trinajstić information content (AvgIpc) is 2.36. The van der Waals surface area contributed by atoms with Crippen LogP contribution in [0.5, 0.6) is 5.75 Å². The molecule has 0 fully saturated rings. The third kappa shape index (κ3) is 6.70. The highest BCUT2D eigenvalue weighted by atomic mass is 16.5. The molecule has 19 heavy (non-hydrogen) atoms. The molecule has 0 atom stereocenters. The average molecular weight is 264 g/mol. The molecule has 0 aromatic heterocycles. The van der Waals surface area contributed by atoms with E-state index in [1.807, 2.05) is 24.3 Å². The fourth-order valence-electron chi connectivity index (χ4n) is 1.52. The molecule has 0 unspecified atom stereocenters. The summed E-state index contributed by atoms with van der Waals surface area (Å²) in [6.07, 6.45) is 0.812. The minimum atomic E-state index is -0.108. The van der Waals surface area contributed by atoms with Crippen LogP contribution < -0.4 is 15.4 Å². The van der Waals surface area contributed by atoms with Gasteiger partial charge in [-0.15, -0.1) is 0 Å². The fraction of sp³-hybridized carbons (Fsp3) is 0.533. The van der Waals surface area contributed by atoms with Gasteiger partial charge < -0.3 is 15.4 Å². The first-order valence-electron chi connectivity index (χ1n) is 6.55. The van der Waals surface area contributed by atoms with Crippen molar-refractivity contribution < 1.29 is 9.53 Å². The van der Waals surface area contributed by atoms with Crippen molar-refractivity contribution in [1.29, 1.82) is 0 Å². The summed E-state index contributed by atoms with van der Waals surface area (Å²) in [4.78, 5) is 11.5. The summed E-state index contributed by atoms with van der Waals surface area (Å²) in [5.41, 5.74) is 1.28. The monoisotopic (exact) mass is 264 g/mol. The van der Waals surface area contributed by atoms with E-state index >= 15 is 0 Å². The molecule has 0 aliphatic heterocycles. The number of hydrogen-bond acceptors (Lipinski definition) is 2. The van der Waals surface area contributed by atoms with Gasteiger partial charge in [-0.05, 0) is 29.5 Å². The molecule has 0 radical (unpaired) electrons. The number of carbonyl (C=O) groups is 1. The SMILES string of the molecule is COc1ccc(CCNC(=O)NCC(C)(C)C)cc1. The Morgan fingerprint density at radius 1 is 1.16 bits per heavy atom. The molecule has 0 bridgehead atoms. The highest BCUT2D eigenvalue weighted by Crippen LogP contribution is 2.11. The quantitative estimate of drug-likeness (QED) is 0.859. The van der Waals surface area contributed by atoms with Crippen LogP contribution in [-0.4, -0.2) is 26.2 Å². The number of rotatable bonds is 5. The molecule has 0 spiro atoms. The molecule has 106 valence electrons. The molecule has 1 aromatic carbocycles. The molecule has 0 aliphatic carbocycles. The Labute approximate surface area is 115 Å². The molecule has 0 aliphatic rings. The summed E-state index contributed by atoms with van der Waals surface area (Å²) >= 11 is 0. The van der Waals surface area contributed by atoms with Crippen molar-refractivity contribution in [2.75, 3.05) is 20.2 Å². The standard InChI is InChI=1S/C15H24N2O2/c1-15(2,3)11-17-14(18)16-10-9-12-5-7-13(19-4)8-6-12/h5-8H,9-11H2,1-4H3,(H2,16,17,18). The molecule has 4 nitrogen and oxygen atoms in total. The van der Waals surface area contributed by atoms with Crippen LogP contribution in [0.4, 0.5) is 4.79 Å². The Hall–Kier alpha value is -1.71. The summed E-state index contributed by atoms with van der Waals surface area (Å²) in [5, 5.41) is 5.71. The molecule has 0 heterocycles. The maximum absolute atomic E-state index is 11.5. The van der Waals surface area contributed by atoms with Gasteiger partial charge in [-0.1, -0.05) is 32.9 Å². The summed E-state index contributed by atoms with van der Waals surface area (Å²) in [7, 11) is 1.65. The summed E-state index contributed by atoms with van der Waals surface area (Å²) in [5.74, 6) is 0.847. The molecule has 0 saturated carbocycles. The van der Waals surface area contributed by atoms with Crippen LogP contribution in [0, 0.1) is 5.41 Å². The van der Waals surface area contributed by atoms with Crippen molar-refractivity contribution in [3.63, 3.8) is 0 Å². The number of amides is 2. The van der Waals surface area contributed by atoms with Crippen LogP contribution in [0.15, 0.2) is 24.3 Å². The van der Waals surface area contributed by atoms with Crippen molar-refractivity contribution in [3.8, 4) is 5.75 Å². The van der Waals surface area contributed by atoms with E-state index in [9.17, 15) is 4.79 Å². The van der Waals surface area contributed by atoms with Gasteiger partial charge in [0.2, 0.25) is 0 Å². The predicted molar refractivity (Wildman–Crippen MR) is 77.6 cm³/mol. The normalized spacial score (nSPS) is 10.9. The number of benzene rings is 1. The minimum absolute atomic E-state index is 0.104. The minimum Gasteiger partial charge on any atom is -0.497 e. The maximum Gasteiger partial charge on any atom is 0.314 e. The molecule has 4 heteroatoms. The van der Waals surface area contributed by atoms with E-state index in [1.165, 1.54) is 5.56 Å². The number of urea groups is 1. The molecular formula is C15H24N2O2. The van der Waals surface area contributed by atoms with Gasteiger partial charge in [0.1, 0.15) is 5.75 Å². The van der Waals surface area contributed by atoms with Gasteiger partial charge in [-0.3, -0.25) is 0 Å². The van der Waals surface area contributed by atoms with Crippen molar-refractivity contribution in [2.24, 2.45) is 5.41 Å². The van der Waals surface area contributed by atoms with Crippen molar-refractivity contribution in [1.82, 2.24) is 10.6 Å². The van der Waals surface area contributed by atoms with Crippen LogP contribution in [-0.2, 0) is 6.42 Å². The van der Waals surface area contributed by atoms with E-state index in [0.717, 1.165) is 12.2 Å². The number of carbonyl (C=O) groups excluding carboxylic acids is 1. The second-order valence-electron chi connectivity index (χ2n) is 5.77. The Kier molecular flexibility index (Phi) is 5.67. The number of nitrogens with one attached hydrogen (secondary N) is 2.